The van der Waals surface area contributed by atoms with E-state index in [0.717, 1.165) is 6.54 Å². The fourth-order valence-electron chi connectivity index (χ4n) is 1.89. The average Bonchev–Trinajstić information content (AvgIpc) is 2.21. The second-order valence-corrected chi connectivity index (χ2v) is 4.92. The van der Waals surface area contributed by atoms with E-state index in [1.54, 1.807) is 18.2 Å². The lowest BCUT2D eigenvalue weighted by molar-refractivity contribution is -0.119. The summed E-state index contributed by atoms with van der Waals surface area (Å²) in [5, 5.41) is 9.75. The van der Waals surface area contributed by atoms with Crippen molar-refractivity contribution in [3.63, 3.8) is 0 Å². The van der Waals surface area contributed by atoms with Crippen LogP contribution in [0.4, 0.5) is 5.69 Å². The Labute approximate surface area is 107 Å². The summed E-state index contributed by atoms with van der Waals surface area (Å²) >= 11 is 0. The summed E-state index contributed by atoms with van der Waals surface area (Å²) in [6, 6.07) is 4.91. The molecule has 100 valence electrons. The van der Waals surface area contributed by atoms with E-state index in [-0.39, 0.29) is 18.2 Å². The van der Waals surface area contributed by atoms with Crippen LogP contribution >= 0.6 is 0 Å². The van der Waals surface area contributed by atoms with E-state index in [2.05, 4.69) is 13.8 Å². The van der Waals surface area contributed by atoms with Crippen LogP contribution in [-0.2, 0) is 11.3 Å². The van der Waals surface area contributed by atoms with E-state index < -0.39 is 0 Å². The van der Waals surface area contributed by atoms with Crippen LogP contribution in [0.3, 0.4) is 0 Å². The van der Waals surface area contributed by atoms with Gasteiger partial charge in [0.15, 0.2) is 0 Å². The van der Waals surface area contributed by atoms with Gasteiger partial charge in [-0.3, -0.25) is 9.69 Å². The highest BCUT2D eigenvalue weighted by Crippen LogP contribution is 2.21. The van der Waals surface area contributed by atoms with E-state index in [1.165, 1.54) is 0 Å². The number of benzene rings is 1. The average molecular weight is 251 g/mol. The minimum atomic E-state index is -0.376. The molecule has 0 atom stereocenters. The third kappa shape index (κ3) is 4.63. The number of amides is 1. The first kappa shape index (κ1) is 14.3. The summed E-state index contributed by atoms with van der Waals surface area (Å²) in [7, 11) is 0. The monoisotopic (exact) mass is 251 g/mol. The molecule has 0 aliphatic rings. The fourth-order valence-corrected chi connectivity index (χ4v) is 1.89. The zero-order valence-electron chi connectivity index (χ0n) is 10.9. The first-order chi connectivity index (χ1) is 8.38. The number of phenols is 1. The first-order valence-corrected chi connectivity index (χ1v) is 5.96. The largest absolute Gasteiger partial charge is 0.508 e. The van der Waals surface area contributed by atoms with Crippen LogP contribution in [0.15, 0.2) is 18.2 Å². The van der Waals surface area contributed by atoms with Gasteiger partial charge in [-0.05, 0) is 24.1 Å². The Kier molecular flexibility index (Phi) is 4.97. The summed E-state index contributed by atoms with van der Waals surface area (Å²) in [4.78, 5) is 12.9. The number of hydrogen-bond acceptors (Lipinski definition) is 4. The fraction of sp³-hybridized carbons (Fsp3) is 0.462. The van der Waals surface area contributed by atoms with Crippen LogP contribution in [0.25, 0.3) is 0 Å². The van der Waals surface area contributed by atoms with Gasteiger partial charge in [-0.1, -0.05) is 13.8 Å². The summed E-state index contributed by atoms with van der Waals surface area (Å²) in [6.07, 6.45) is 0. The van der Waals surface area contributed by atoms with Crippen molar-refractivity contribution in [1.29, 1.82) is 0 Å². The van der Waals surface area contributed by atoms with Crippen molar-refractivity contribution in [2.45, 2.75) is 20.4 Å². The summed E-state index contributed by atoms with van der Waals surface area (Å²) in [5.74, 6) is 0.217. The molecule has 0 spiro atoms. The van der Waals surface area contributed by atoms with Crippen LogP contribution < -0.4 is 11.5 Å². The van der Waals surface area contributed by atoms with Crippen molar-refractivity contribution in [2.24, 2.45) is 11.7 Å². The molecule has 1 rings (SSSR count). The SMILES string of the molecule is CC(C)CN(CC(N)=O)Cc1cc(N)ccc1O. The molecule has 0 unspecified atom stereocenters. The second kappa shape index (κ2) is 6.26. The van der Waals surface area contributed by atoms with Crippen LogP contribution in [0.2, 0.25) is 0 Å². The Morgan fingerprint density at radius 2 is 2.11 bits per heavy atom. The molecule has 0 fully saturated rings. The molecule has 1 aromatic rings. The van der Waals surface area contributed by atoms with Crippen molar-refractivity contribution in [3.8, 4) is 5.75 Å². The Morgan fingerprint density at radius 1 is 1.44 bits per heavy atom. The molecular formula is C13H21N3O2. The van der Waals surface area contributed by atoms with Gasteiger partial charge in [0.1, 0.15) is 5.75 Å². The maximum absolute atomic E-state index is 11.0. The Balaban J connectivity index is 2.81. The molecular weight excluding hydrogens is 230 g/mol. The highest BCUT2D eigenvalue weighted by atomic mass is 16.3. The Hall–Kier alpha value is -1.75. The van der Waals surface area contributed by atoms with Crippen LogP contribution in [0, 0.1) is 5.92 Å². The molecule has 5 heteroatoms. The number of rotatable bonds is 6. The van der Waals surface area contributed by atoms with Crippen LogP contribution in [0.1, 0.15) is 19.4 Å². The molecule has 0 saturated heterocycles. The summed E-state index contributed by atoms with van der Waals surface area (Å²) in [5.41, 5.74) is 12.2. The predicted molar refractivity (Wildman–Crippen MR) is 71.8 cm³/mol. The van der Waals surface area contributed by atoms with Crippen LogP contribution in [0.5, 0.6) is 5.75 Å². The lowest BCUT2D eigenvalue weighted by atomic mass is 10.1. The van der Waals surface area contributed by atoms with Gasteiger partial charge in [0.05, 0.1) is 6.54 Å². The van der Waals surface area contributed by atoms with Gasteiger partial charge in [-0.15, -0.1) is 0 Å². The Bertz CT molecular complexity index is 419. The van der Waals surface area contributed by atoms with Gasteiger partial charge < -0.3 is 16.6 Å². The van der Waals surface area contributed by atoms with E-state index in [4.69, 9.17) is 11.5 Å². The molecule has 1 aromatic carbocycles. The quantitative estimate of drug-likeness (QED) is 0.517. The van der Waals surface area contributed by atoms with Crippen LogP contribution in [-0.4, -0.2) is 29.0 Å². The third-order valence-electron chi connectivity index (χ3n) is 2.50. The second-order valence-electron chi connectivity index (χ2n) is 4.92. The van der Waals surface area contributed by atoms with Crippen molar-refractivity contribution in [1.82, 2.24) is 4.90 Å². The van der Waals surface area contributed by atoms with Crippen molar-refractivity contribution in [3.05, 3.63) is 23.8 Å². The van der Waals surface area contributed by atoms with Gasteiger partial charge in [0, 0.05) is 24.3 Å². The lowest BCUT2D eigenvalue weighted by Gasteiger charge is -2.23. The minimum absolute atomic E-state index is 0.173. The molecule has 0 heterocycles. The number of nitrogens with two attached hydrogens (primary N) is 2. The number of nitrogen functional groups attached to an aromatic ring is 1. The molecule has 0 radical (unpaired) electrons. The number of carbonyl (C=O) groups is 1. The highest BCUT2D eigenvalue weighted by molar-refractivity contribution is 5.75. The normalized spacial score (nSPS) is 11.1. The van der Waals surface area contributed by atoms with E-state index in [9.17, 15) is 9.90 Å². The summed E-state index contributed by atoms with van der Waals surface area (Å²) in [6.45, 7) is 5.49. The number of aromatic hydroxyl groups is 1. The topological polar surface area (TPSA) is 92.6 Å². The highest BCUT2D eigenvalue weighted by Gasteiger charge is 2.13. The van der Waals surface area contributed by atoms with Gasteiger partial charge in [0.25, 0.3) is 0 Å². The number of carbonyl (C=O) groups excluding carboxylic acids is 1. The van der Waals surface area contributed by atoms with Crippen molar-refractivity contribution in [2.75, 3.05) is 18.8 Å². The standard InChI is InChI=1S/C13H21N3O2/c1-9(2)6-16(8-13(15)18)7-10-5-11(14)3-4-12(10)17/h3-5,9,17H,6-8,14H2,1-2H3,(H2,15,18). The third-order valence-corrected chi connectivity index (χ3v) is 2.50. The van der Waals surface area contributed by atoms with Gasteiger partial charge in [-0.25, -0.2) is 0 Å². The molecule has 0 aromatic heterocycles. The zero-order valence-corrected chi connectivity index (χ0v) is 10.9. The summed E-state index contributed by atoms with van der Waals surface area (Å²) < 4.78 is 0. The molecule has 0 saturated carbocycles. The maximum Gasteiger partial charge on any atom is 0.231 e. The molecule has 0 aliphatic heterocycles. The molecule has 5 nitrogen and oxygen atoms in total. The molecule has 1 amide bonds. The molecule has 0 bridgehead atoms. The molecule has 5 N–H and O–H groups in total. The van der Waals surface area contributed by atoms with Gasteiger partial charge >= 0.3 is 0 Å². The van der Waals surface area contributed by atoms with Gasteiger partial charge in [-0.2, -0.15) is 0 Å². The maximum atomic E-state index is 11.0. The lowest BCUT2D eigenvalue weighted by Crippen LogP contribution is -2.35. The Morgan fingerprint density at radius 3 is 2.67 bits per heavy atom. The van der Waals surface area contributed by atoms with E-state index in [1.807, 2.05) is 4.90 Å². The number of hydrogen-bond donors (Lipinski definition) is 3. The number of phenolic OH excluding ortho intramolecular Hbond substituents is 1. The van der Waals surface area contributed by atoms with Gasteiger partial charge in [0.2, 0.25) is 5.91 Å². The molecule has 18 heavy (non-hydrogen) atoms. The minimum Gasteiger partial charge on any atom is -0.508 e. The van der Waals surface area contributed by atoms with Crippen molar-refractivity contribution >= 4 is 11.6 Å². The smallest absolute Gasteiger partial charge is 0.231 e. The number of nitrogens with zero attached hydrogens (tertiary/aromatic N) is 1. The first-order valence-electron chi connectivity index (χ1n) is 5.96. The van der Waals surface area contributed by atoms with E-state index >= 15 is 0 Å². The number of anilines is 1. The molecule has 0 aliphatic carbocycles. The van der Waals surface area contributed by atoms with Crippen molar-refractivity contribution < 1.29 is 9.90 Å². The zero-order chi connectivity index (χ0) is 13.7. The predicted octanol–water partition coefficient (Wildman–Crippen LogP) is 0.918. The number of primary amides is 1. The van der Waals surface area contributed by atoms with E-state index in [0.29, 0.717) is 23.7 Å².